The van der Waals surface area contributed by atoms with Crippen LogP contribution in [-0.4, -0.2) is 45.3 Å². The number of H-pyrrole nitrogens is 1. The van der Waals surface area contributed by atoms with Gasteiger partial charge in [0.2, 0.25) is 0 Å². The number of carbonyl (C=O) groups is 1. The van der Waals surface area contributed by atoms with Crippen LogP contribution in [0, 0.1) is 5.92 Å². The van der Waals surface area contributed by atoms with E-state index < -0.39 is 5.97 Å². The Morgan fingerprint density at radius 1 is 1.10 bits per heavy atom. The van der Waals surface area contributed by atoms with Crippen LogP contribution in [0.5, 0.6) is 17.5 Å². The van der Waals surface area contributed by atoms with E-state index in [4.69, 9.17) is 30.9 Å². The molecule has 0 atom stereocenters. The third-order valence-corrected chi connectivity index (χ3v) is 5.81. The lowest BCUT2D eigenvalue weighted by molar-refractivity contribution is -0.143. The lowest BCUT2D eigenvalue weighted by Gasteiger charge is -2.25. The van der Waals surface area contributed by atoms with Gasteiger partial charge in [0, 0.05) is 5.56 Å². The number of benzene rings is 1. The summed E-state index contributed by atoms with van der Waals surface area (Å²) in [5, 5.41) is 9.61. The molecule has 0 unspecified atom stereocenters. The highest BCUT2D eigenvalue weighted by molar-refractivity contribution is 6.33. The van der Waals surface area contributed by atoms with Crippen molar-refractivity contribution in [1.29, 1.82) is 0 Å². The number of ether oxygens (including phenoxy) is 3. The number of nitrogens with zero attached hydrogens (tertiary/aromatic N) is 2. The monoisotopic (exact) mass is 429 g/mol. The normalized spacial score (nSPS) is 20.8. The molecular formula is C21H20ClN3O5. The first-order valence-corrected chi connectivity index (χ1v) is 10.3. The van der Waals surface area contributed by atoms with Crippen LogP contribution in [0.25, 0.3) is 22.4 Å². The summed E-state index contributed by atoms with van der Waals surface area (Å²) in [6.45, 7) is 1.04. The molecule has 2 aromatic heterocycles. The van der Waals surface area contributed by atoms with E-state index in [1.165, 1.54) is 0 Å². The standard InChI is InChI=1S/C21H20ClN3O5/c22-14-10-15-19(24-18(14)12-3-6-16-17(9-12)29-8-7-28-16)25-21(23-15)30-13-4-1-11(2-5-13)20(26)27/h3,6,9-11,13H,1-2,4-5,7-8H2,(H,26,27)(H,23,24,25). The molecule has 1 saturated carbocycles. The van der Waals surface area contributed by atoms with Gasteiger partial charge in [-0.2, -0.15) is 4.98 Å². The molecule has 3 aromatic rings. The number of aromatic amines is 1. The first-order valence-electron chi connectivity index (χ1n) is 9.92. The SMILES string of the molecule is O=C(O)C1CCC(Oc2nc3nc(-c4ccc5c(c4)OCCO5)c(Cl)cc3[nH]2)CC1. The van der Waals surface area contributed by atoms with Gasteiger partial charge in [-0.15, -0.1) is 0 Å². The first-order chi connectivity index (χ1) is 14.6. The molecule has 0 spiro atoms. The van der Waals surface area contributed by atoms with Gasteiger partial charge in [0.1, 0.15) is 19.3 Å². The van der Waals surface area contributed by atoms with Crippen LogP contribution >= 0.6 is 11.6 Å². The Kier molecular flexibility index (Phi) is 4.86. The quantitative estimate of drug-likeness (QED) is 0.643. The molecule has 2 aliphatic rings. The molecular weight excluding hydrogens is 410 g/mol. The second kappa shape index (κ2) is 7.68. The van der Waals surface area contributed by atoms with Gasteiger partial charge in [-0.1, -0.05) is 11.6 Å². The van der Waals surface area contributed by atoms with Crippen molar-refractivity contribution < 1.29 is 24.1 Å². The van der Waals surface area contributed by atoms with Crippen LogP contribution in [0.3, 0.4) is 0 Å². The summed E-state index contributed by atoms with van der Waals surface area (Å²) in [6, 6.07) is 7.74. The average molecular weight is 430 g/mol. The van der Waals surface area contributed by atoms with Crippen molar-refractivity contribution in [3.05, 3.63) is 29.3 Å². The van der Waals surface area contributed by atoms with E-state index in [1.54, 1.807) is 6.07 Å². The number of aliphatic carboxylic acids is 1. The Morgan fingerprint density at radius 3 is 2.63 bits per heavy atom. The number of fused-ring (bicyclic) bond motifs is 2. The number of nitrogens with one attached hydrogen (secondary N) is 1. The van der Waals surface area contributed by atoms with E-state index in [2.05, 4.69) is 15.0 Å². The van der Waals surface area contributed by atoms with Crippen molar-refractivity contribution in [3.8, 4) is 28.8 Å². The van der Waals surface area contributed by atoms with Crippen molar-refractivity contribution >= 4 is 28.7 Å². The molecule has 0 bridgehead atoms. The fraction of sp³-hybridized carbons (Fsp3) is 0.381. The first kappa shape index (κ1) is 19.0. The van der Waals surface area contributed by atoms with Gasteiger partial charge in [-0.3, -0.25) is 4.79 Å². The molecule has 156 valence electrons. The summed E-state index contributed by atoms with van der Waals surface area (Å²) in [5.41, 5.74) is 2.58. The fourth-order valence-corrected chi connectivity index (χ4v) is 4.19. The van der Waals surface area contributed by atoms with Crippen LogP contribution < -0.4 is 14.2 Å². The van der Waals surface area contributed by atoms with Gasteiger partial charge in [0.15, 0.2) is 17.1 Å². The summed E-state index contributed by atoms with van der Waals surface area (Å²) >= 11 is 6.49. The summed E-state index contributed by atoms with van der Waals surface area (Å²) in [4.78, 5) is 23.3. The van der Waals surface area contributed by atoms with Crippen molar-refractivity contribution in [3.63, 3.8) is 0 Å². The number of hydrogen-bond donors (Lipinski definition) is 2. The largest absolute Gasteiger partial charge is 0.486 e. The Bertz CT molecular complexity index is 1110. The third kappa shape index (κ3) is 3.63. The summed E-state index contributed by atoms with van der Waals surface area (Å²) in [7, 11) is 0. The smallest absolute Gasteiger partial charge is 0.306 e. The van der Waals surface area contributed by atoms with Gasteiger partial charge in [0.25, 0.3) is 6.01 Å². The van der Waals surface area contributed by atoms with Crippen molar-refractivity contribution in [2.75, 3.05) is 13.2 Å². The van der Waals surface area contributed by atoms with Gasteiger partial charge in [-0.05, 0) is 49.9 Å². The second-order valence-electron chi connectivity index (χ2n) is 7.52. The molecule has 0 amide bonds. The predicted octanol–water partition coefficient (Wildman–Crippen LogP) is 4.07. The molecule has 0 saturated heterocycles. The molecule has 1 aliphatic heterocycles. The van der Waals surface area contributed by atoms with Crippen molar-refractivity contribution in [2.45, 2.75) is 31.8 Å². The van der Waals surface area contributed by atoms with E-state index in [0.717, 1.165) is 5.56 Å². The highest BCUT2D eigenvalue weighted by Gasteiger charge is 2.27. The average Bonchev–Trinajstić information content (AvgIpc) is 3.14. The number of aromatic nitrogens is 3. The van der Waals surface area contributed by atoms with Gasteiger partial charge < -0.3 is 24.3 Å². The van der Waals surface area contributed by atoms with Crippen LogP contribution in [0.2, 0.25) is 5.02 Å². The molecule has 8 nitrogen and oxygen atoms in total. The minimum atomic E-state index is -0.734. The molecule has 0 radical (unpaired) electrons. The fourth-order valence-electron chi connectivity index (χ4n) is 3.93. The number of imidazole rings is 1. The topological polar surface area (TPSA) is 107 Å². The molecule has 1 fully saturated rings. The van der Waals surface area contributed by atoms with Crippen LogP contribution in [0.1, 0.15) is 25.7 Å². The zero-order valence-corrected chi connectivity index (χ0v) is 16.8. The van der Waals surface area contributed by atoms with E-state index in [9.17, 15) is 4.79 Å². The van der Waals surface area contributed by atoms with Crippen LogP contribution in [-0.2, 0) is 4.79 Å². The zero-order valence-electron chi connectivity index (χ0n) is 16.1. The number of hydrogen-bond acceptors (Lipinski definition) is 6. The Balaban J connectivity index is 1.38. The van der Waals surface area contributed by atoms with Crippen LogP contribution in [0.15, 0.2) is 24.3 Å². The Hall–Kier alpha value is -3.00. The molecule has 3 heterocycles. The number of pyridine rings is 1. The minimum absolute atomic E-state index is 0.0612. The second-order valence-corrected chi connectivity index (χ2v) is 7.93. The predicted molar refractivity (Wildman–Crippen MR) is 109 cm³/mol. The maximum absolute atomic E-state index is 11.1. The van der Waals surface area contributed by atoms with Crippen molar-refractivity contribution in [2.24, 2.45) is 5.92 Å². The minimum Gasteiger partial charge on any atom is -0.486 e. The Labute approximate surface area is 177 Å². The maximum atomic E-state index is 11.1. The highest BCUT2D eigenvalue weighted by Crippen LogP contribution is 2.37. The summed E-state index contributed by atoms with van der Waals surface area (Å²) < 4.78 is 17.2. The van der Waals surface area contributed by atoms with E-state index in [0.29, 0.717) is 78.3 Å². The molecule has 1 aromatic carbocycles. The lowest BCUT2D eigenvalue weighted by Crippen LogP contribution is -2.28. The molecule has 5 rings (SSSR count). The molecule has 9 heteroatoms. The number of carboxylic acids is 1. The number of carboxylic acid groups (broad SMARTS) is 1. The molecule has 30 heavy (non-hydrogen) atoms. The maximum Gasteiger partial charge on any atom is 0.306 e. The number of rotatable bonds is 4. The molecule has 2 N–H and O–H groups in total. The summed E-state index contributed by atoms with van der Waals surface area (Å²) in [6.07, 6.45) is 2.53. The third-order valence-electron chi connectivity index (χ3n) is 5.52. The number of halogens is 1. The molecule has 1 aliphatic carbocycles. The van der Waals surface area contributed by atoms with Crippen LogP contribution in [0.4, 0.5) is 0 Å². The highest BCUT2D eigenvalue weighted by atomic mass is 35.5. The van der Waals surface area contributed by atoms with Crippen molar-refractivity contribution in [1.82, 2.24) is 15.0 Å². The van der Waals surface area contributed by atoms with E-state index in [1.807, 2.05) is 18.2 Å². The van der Waals surface area contributed by atoms with Gasteiger partial charge in [-0.25, -0.2) is 4.98 Å². The zero-order chi connectivity index (χ0) is 20.7. The van der Waals surface area contributed by atoms with E-state index in [-0.39, 0.29) is 12.0 Å². The Morgan fingerprint density at radius 2 is 1.87 bits per heavy atom. The van der Waals surface area contributed by atoms with Gasteiger partial charge >= 0.3 is 5.97 Å². The summed E-state index contributed by atoms with van der Waals surface area (Å²) in [5.74, 6) is 0.354. The van der Waals surface area contributed by atoms with E-state index >= 15 is 0 Å². The lowest BCUT2D eigenvalue weighted by atomic mass is 9.87. The van der Waals surface area contributed by atoms with Gasteiger partial charge in [0.05, 0.1) is 22.2 Å².